The molecule has 0 amide bonds. The molecule has 0 bridgehead atoms. The topological polar surface area (TPSA) is 101 Å². The highest BCUT2D eigenvalue weighted by Crippen LogP contribution is 2.18. The molecular formula is C7H8N4O2S. The van der Waals surface area contributed by atoms with Crippen LogP contribution >= 0.6 is 0 Å². The van der Waals surface area contributed by atoms with Gasteiger partial charge in [0.1, 0.15) is 0 Å². The lowest BCUT2D eigenvalue weighted by Crippen LogP contribution is -2.30. The van der Waals surface area contributed by atoms with Gasteiger partial charge < -0.3 is 0 Å². The van der Waals surface area contributed by atoms with Crippen molar-refractivity contribution in [3.8, 4) is 0 Å². The number of hydrogen-bond acceptors (Lipinski definition) is 4. The molecule has 1 heterocycles. The maximum absolute atomic E-state index is 11.4. The Morgan fingerprint density at radius 3 is 2.79 bits per heavy atom. The first-order chi connectivity index (χ1) is 6.65. The second kappa shape index (κ2) is 3.05. The highest BCUT2D eigenvalue weighted by molar-refractivity contribution is 7.89. The molecular weight excluding hydrogens is 204 g/mol. The average molecular weight is 212 g/mol. The van der Waals surface area contributed by atoms with E-state index in [9.17, 15) is 8.42 Å². The average Bonchev–Trinajstić information content (AvgIpc) is 2.61. The van der Waals surface area contributed by atoms with E-state index in [2.05, 4.69) is 10.2 Å². The van der Waals surface area contributed by atoms with Crippen LogP contribution in [0.1, 0.15) is 0 Å². The molecule has 1 aromatic heterocycles. The van der Waals surface area contributed by atoms with Gasteiger partial charge in [0.25, 0.3) is 10.0 Å². The summed E-state index contributed by atoms with van der Waals surface area (Å²) in [6.45, 7) is 0. The van der Waals surface area contributed by atoms with Gasteiger partial charge in [-0.25, -0.2) is 8.42 Å². The molecule has 0 saturated carbocycles. The Morgan fingerprint density at radius 2 is 2.07 bits per heavy atom. The Kier molecular flexibility index (Phi) is 1.99. The van der Waals surface area contributed by atoms with Crippen LogP contribution in [0.2, 0.25) is 0 Å². The van der Waals surface area contributed by atoms with Crippen LogP contribution in [-0.4, -0.2) is 18.6 Å². The van der Waals surface area contributed by atoms with Gasteiger partial charge in [-0.3, -0.25) is 10.9 Å². The lowest BCUT2D eigenvalue weighted by molar-refractivity contribution is 0.581. The van der Waals surface area contributed by atoms with Gasteiger partial charge in [-0.2, -0.15) is 5.10 Å². The van der Waals surface area contributed by atoms with Crippen molar-refractivity contribution in [1.29, 1.82) is 0 Å². The number of nitrogens with one attached hydrogen (secondary N) is 2. The van der Waals surface area contributed by atoms with Crippen molar-refractivity contribution in [3.05, 3.63) is 24.3 Å². The number of H-pyrrole nitrogens is 1. The van der Waals surface area contributed by atoms with Gasteiger partial charge in [0.15, 0.2) is 5.03 Å². The zero-order valence-electron chi connectivity index (χ0n) is 7.06. The summed E-state index contributed by atoms with van der Waals surface area (Å²) in [4.78, 5) is 1.74. The maximum atomic E-state index is 11.4. The smallest absolute Gasteiger partial charge is 0.265 e. The number of hydrogen-bond donors (Lipinski definition) is 3. The minimum absolute atomic E-state index is 0.0180. The first kappa shape index (κ1) is 9.13. The number of rotatable bonds is 2. The van der Waals surface area contributed by atoms with Crippen molar-refractivity contribution in [2.75, 3.05) is 0 Å². The van der Waals surface area contributed by atoms with Gasteiger partial charge in [0, 0.05) is 5.39 Å². The molecule has 74 valence electrons. The minimum Gasteiger partial charge on any atom is -0.265 e. The summed E-state index contributed by atoms with van der Waals surface area (Å²) < 4.78 is 22.7. The van der Waals surface area contributed by atoms with Crippen LogP contribution in [0, 0.1) is 0 Å². The molecule has 0 aliphatic rings. The van der Waals surface area contributed by atoms with Crippen LogP contribution in [0.3, 0.4) is 0 Å². The van der Waals surface area contributed by atoms with E-state index < -0.39 is 10.0 Å². The molecule has 1 aromatic carbocycles. The summed E-state index contributed by atoms with van der Waals surface area (Å²) in [7, 11) is -3.67. The first-order valence-corrected chi connectivity index (χ1v) is 5.29. The fourth-order valence-electron chi connectivity index (χ4n) is 1.20. The molecule has 0 atom stereocenters. The Labute approximate surface area is 80.1 Å². The molecule has 4 N–H and O–H groups in total. The summed E-state index contributed by atoms with van der Waals surface area (Å²) in [5.74, 6) is 4.90. The molecule has 7 heteroatoms. The molecule has 2 rings (SSSR count). The SMILES string of the molecule is NNS(=O)(=O)c1[nH]nc2ccccc12. The Hall–Kier alpha value is -1.44. The van der Waals surface area contributed by atoms with E-state index in [0.717, 1.165) is 0 Å². The predicted octanol–water partition coefficient (Wildman–Crippen LogP) is -0.285. The van der Waals surface area contributed by atoms with Crippen LogP contribution in [0.5, 0.6) is 0 Å². The molecule has 0 aliphatic carbocycles. The van der Waals surface area contributed by atoms with E-state index >= 15 is 0 Å². The van der Waals surface area contributed by atoms with Crippen molar-refractivity contribution in [1.82, 2.24) is 15.0 Å². The van der Waals surface area contributed by atoms with Crippen LogP contribution in [0.25, 0.3) is 10.9 Å². The number of aromatic amines is 1. The molecule has 0 saturated heterocycles. The molecule has 0 radical (unpaired) electrons. The van der Waals surface area contributed by atoms with Gasteiger partial charge in [-0.1, -0.05) is 12.1 Å². The van der Waals surface area contributed by atoms with Crippen molar-refractivity contribution >= 4 is 20.9 Å². The Balaban J connectivity index is 2.77. The van der Waals surface area contributed by atoms with Gasteiger partial charge in [-0.15, -0.1) is 4.83 Å². The second-order valence-corrected chi connectivity index (χ2v) is 4.34. The van der Waals surface area contributed by atoms with Gasteiger partial charge in [0.05, 0.1) is 5.52 Å². The molecule has 0 fully saturated rings. The van der Waals surface area contributed by atoms with Crippen LogP contribution in [0.4, 0.5) is 0 Å². The highest BCUT2D eigenvalue weighted by Gasteiger charge is 2.17. The normalized spacial score (nSPS) is 12.1. The number of sulfonamides is 1. The minimum atomic E-state index is -3.67. The molecule has 14 heavy (non-hydrogen) atoms. The first-order valence-electron chi connectivity index (χ1n) is 3.80. The zero-order chi connectivity index (χ0) is 10.2. The third-order valence-corrected chi connectivity index (χ3v) is 3.01. The monoisotopic (exact) mass is 212 g/mol. The quantitative estimate of drug-likeness (QED) is 0.470. The largest absolute Gasteiger partial charge is 0.270 e. The number of nitrogens with two attached hydrogens (primary N) is 1. The summed E-state index contributed by atoms with van der Waals surface area (Å²) in [5, 5.41) is 6.76. The van der Waals surface area contributed by atoms with Crippen molar-refractivity contribution in [2.24, 2.45) is 5.84 Å². The Morgan fingerprint density at radius 1 is 1.36 bits per heavy atom. The van der Waals surface area contributed by atoms with Crippen LogP contribution < -0.4 is 10.7 Å². The number of para-hydroxylation sites is 1. The number of nitrogens with zero attached hydrogens (tertiary/aromatic N) is 1. The lowest BCUT2D eigenvalue weighted by Gasteiger charge is -1.97. The summed E-state index contributed by atoms with van der Waals surface area (Å²) in [6.07, 6.45) is 0. The van der Waals surface area contributed by atoms with E-state index in [1.54, 1.807) is 29.1 Å². The number of fused-ring (bicyclic) bond motifs is 1. The van der Waals surface area contributed by atoms with Gasteiger partial charge >= 0.3 is 0 Å². The van der Waals surface area contributed by atoms with E-state index in [1.807, 2.05) is 0 Å². The standard InChI is InChI=1S/C7H8N4O2S/c8-11-14(12,13)7-5-3-1-2-4-6(5)9-10-7/h1-4,11H,8H2,(H,9,10). The lowest BCUT2D eigenvalue weighted by atomic mass is 10.3. The fourth-order valence-corrected chi connectivity index (χ4v) is 1.94. The molecule has 0 unspecified atom stereocenters. The van der Waals surface area contributed by atoms with Crippen molar-refractivity contribution in [3.63, 3.8) is 0 Å². The van der Waals surface area contributed by atoms with Gasteiger partial charge in [0.2, 0.25) is 0 Å². The van der Waals surface area contributed by atoms with Crippen LogP contribution in [0.15, 0.2) is 29.3 Å². The second-order valence-electron chi connectivity index (χ2n) is 2.69. The van der Waals surface area contributed by atoms with E-state index in [1.165, 1.54) is 0 Å². The van der Waals surface area contributed by atoms with Gasteiger partial charge in [-0.05, 0) is 12.1 Å². The highest BCUT2D eigenvalue weighted by atomic mass is 32.2. The molecule has 2 aromatic rings. The van der Waals surface area contributed by atoms with Crippen molar-refractivity contribution in [2.45, 2.75) is 5.03 Å². The molecule has 0 aliphatic heterocycles. The number of hydrazine groups is 1. The maximum Gasteiger partial charge on any atom is 0.270 e. The summed E-state index contributed by atoms with van der Waals surface area (Å²) in [5.41, 5.74) is 0.585. The summed E-state index contributed by atoms with van der Waals surface area (Å²) in [6, 6.07) is 6.87. The number of aromatic nitrogens is 2. The third kappa shape index (κ3) is 1.27. The van der Waals surface area contributed by atoms with E-state index in [0.29, 0.717) is 10.9 Å². The van der Waals surface area contributed by atoms with Crippen molar-refractivity contribution < 1.29 is 8.42 Å². The zero-order valence-corrected chi connectivity index (χ0v) is 7.88. The molecule has 6 nitrogen and oxygen atoms in total. The molecule has 0 spiro atoms. The Bertz CT molecular complexity index is 560. The summed E-state index contributed by atoms with van der Waals surface area (Å²) >= 11 is 0. The van der Waals surface area contributed by atoms with E-state index in [-0.39, 0.29) is 5.03 Å². The van der Waals surface area contributed by atoms with E-state index in [4.69, 9.17) is 5.84 Å². The fraction of sp³-hybridized carbons (Fsp3) is 0. The van der Waals surface area contributed by atoms with Crippen LogP contribution in [-0.2, 0) is 10.0 Å². The third-order valence-electron chi connectivity index (χ3n) is 1.85. The predicted molar refractivity (Wildman–Crippen MR) is 50.6 cm³/mol. The number of benzene rings is 1.